The monoisotopic (exact) mass is 368 g/mol. The van der Waals surface area contributed by atoms with Crippen LogP contribution >= 0.6 is 11.8 Å². The van der Waals surface area contributed by atoms with Crippen LogP contribution in [0.5, 0.6) is 0 Å². The molecule has 0 saturated carbocycles. The van der Waals surface area contributed by atoms with Gasteiger partial charge < -0.3 is 10.2 Å². The normalized spacial score (nSPS) is 16.5. The smallest absolute Gasteiger partial charge is 0.247 e. The van der Waals surface area contributed by atoms with Crippen LogP contribution in [0.25, 0.3) is 0 Å². The average molecular weight is 369 g/mol. The largest absolute Gasteiger partial charge is 0.350 e. The van der Waals surface area contributed by atoms with Crippen LogP contribution in [-0.4, -0.2) is 29.0 Å². The highest BCUT2D eigenvalue weighted by Crippen LogP contribution is 2.32. The van der Waals surface area contributed by atoms with Gasteiger partial charge in [-0.05, 0) is 48.9 Å². The summed E-state index contributed by atoms with van der Waals surface area (Å²) < 4.78 is 0. The van der Waals surface area contributed by atoms with Gasteiger partial charge in [-0.25, -0.2) is 0 Å². The summed E-state index contributed by atoms with van der Waals surface area (Å²) in [6.07, 6.45) is 2.39. The molecule has 1 unspecified atom stereocenters. The predicted molar refractivity (Wildman–Crippen MR) is 105 cm³/mol. The van der Waals surface area contributed by atoms with Gasteiger partial charge in [0.25, 0.3) is 0 Å². The van der Waals surface area contributed by atoms with E-state index in [4.69, 9.17) is 0 Å². The summed E-state index contributed by atoms with van der Waals surface area (Å²) >= 11 is 1.69. The zero-order valence-corrected chi connectivity index (χ0v) is 16.2. The number of carbonyl (C=O) groups excluding carboxylic acids is 2. The SMILES string of the molecule is CSc1ccc(CNC(=O)C2c3ccccc3CC(=O)N2C(C)C)cc1. The second-order valence-corrected chi connectivity index (χ2v) is 7.62. The molecule has 0 bridgehead atoms. The highest BCUT2D eigenvalue weighted by Gasteiger charge is 2.38. The molecule has 2 aromatic carbocycles. The lowest BCUT2D eigenvalue weighted by Crippen LogP contribution is -2.50. The maximum Gasteiger partial charge on any atom is 0.247 e. The van der Waals surface area contributed by atoms with Crippen LogP contribution in [-0.2, 0) is 22.6 Å². The zero-order chi connectivity index (χ0) is 18.7. The van der Waals surface area contributed by atoms with Gasteiger partial charge in [0.15, 0.2) is 0 Å². The van der Waals surface area contributed by atoms with E-state index in [-0.39, 0.29) is 17.9 Å². The van der Waals surface area contributed by atoms with Crippen molar-refractivity contribution in [2.75, 3.05) is 6.26 Å². The van der Waals surface area contributed by atoms with Crippen molar-refractivity contribution in [1.29, 1.82) is 0 Å². The quantitative estimate of drug-likeness (QED) is 0.821. The second-order valence-electron chi connectivity index (χ2n) is 6.74. The van der Waals surface area contributed by atoms with Gasteiger partial charge in [0.05, 0.1) is 6.42 Å². The number of rotatable bonds is 5. The van der Waals surface area contributed by atoms with Crippen molar-refractivity contribution >= 4 is 23.6 Å². The number of hydrogen-bond donors (Lipinski definition) is 1. The molecule has 1 aliphatic heterocycles. The Morgan fingerprint density at radius 2 is 1.88 bits per heavy atom. The van der Waals surface area contributed by atoms with E-state index < -0.39 is 6.04 Å². The Hall–Kier alpha value is -2.27. The second kappa shape index (κ2) is 7.96. The third-order valence-electron chi connectivity index (χ3n) is 4.69. The molecule has 0 aromatic heterocycles. The lowest BCUT2D eigenvalue weighted by atomic mass is 9.90. The molecular weight excluding hydrogens is 344 g/mol. The number of carbonyl (C=O) groups is 2. The number of nitrogens with one attached hydrogen (secondary N) is 1. The average Bonchev–Trinajstić information content (AvgIpc) is 2.65. The Balaban J connectivity index is 1.81. The lowest BCUT2D eigenvalue weighted by Gasteiger charge is -2.39. The fourth-order valence-corrected chi connectivity index (χ4v) is 3.80. The maximum atomic E-state index is 13.0. The van der Waals surface area contributed by atoms with Crippen LogP contribution in [0.15, 0.2) is 53.4 Å². The Labute approximate surface area is 159 Å². The predicted octanol–water partition coefficient (Wildman–Crippen LogP) is 3.56. The van der Waals surface area contributed by atoms with Crippen LogP contribution in [0.4, 0.5) is 0 Å². The van der Waals surface area contributed by atoms with Crippen molar-refractivity contribution < 1.29 is 9.59 Å². The molecule has 0 aliphatic carbocycles. The van der Waals surface area contributed by atoms with E-state index >= 15 is 0 Å². The van der Waals surface area contributed by atoms with Gasteiger partial charge >= 0.3 is 0 Å². The van der Waals surface area contributed by atoms with Gasteiger partial charge in [-0.3, -0.25) is 9.59 Å². The van der Waals surface area contributed by atoms with E-state index in [9.17, 15) is 9.59 Å². The first kappa shape index (κ1) is 18.5. The van der Waals surface area contributed by atoms with Crippen LogP contribution in [0, 0.1) is 0 Å². The molecule has 4 nitrogen and oxygen atoms in total. The highest BCUT2D eigenvalue weighted by atomic mass is 32.2. The molecule has 136 valence electrons. The Morgan fingerprint density at radius 1 is 1.19 bits per heavy atom. The molecular formula is C21H24N2O2S. The zero-order valence-electron chi connectivity index (χ0n) is 15.4. The molecule has 26 heavy (non-hydrogen) atoms. The Morgan fingerprint density at radius 3 is 2.54 bits per heavy atom. The summed E-state index contributed by atoms with van der Waals surface area (Å²) in [4.78, 5) is 28.5. The number of fused-ring (bicyclic) bond motifs is 1. The number of hydrogen-bond acceptors (Lipinski definition) is 3. The molecule has 0 fully saturated rings. The van der Waals surface area contributed by atoms with E-state index in [2.05, 4.69) is 5.32 Å². The number of amides is 2. The highest BCUT2D eigenvalue weighted by molar-refractivity contribution is 7.98. The molecule has 0 radical (unpaired) electrons. The van der Waals surface area contributed by atoms with Crippen molar-refractivity contribution in [3.8, 4) is 0 Å². The fourth-order valence-electron chi connectivity index (χ4n) is 3.39. The first-order chi connectivity index (χ1) is 12.5. The van der Waals surface area contributed by atoms with Crippen LogP contribution in [0.1, 0.15) is 36.6 Å². The van der Waals surface area contributed by atoms with Crippen LogP contribution in [0.3, 0.4) is 0 Å². The summed E-state index contributed by atoms with van der Waals surface area (Å²) in [6.45, 7) is 4.35. The molecule has 3 rings (SSSR count). The molecule has 1 atom stereocenters. The van der Waals surface area contributed by atoms with Crippen molar-refractivity contribution in [3.63, 3.8) is 0 Å². The minimum Gasteiger partial charge on any atom is -0.350 e. The van der Waals surface area contributed by atoms with E-state index in [1.54, 1.807) is 16.7 Å². The molecule has 0 spiro atoms. The molecule has 2 aromatic rings. The van der Waals surface area contributed by atoms with Gasteiger partial charge in [-0.15, -0.1) is 11.8 Å². The Bertz CT molecular complexity index is 802. The minimum absolute atomic E-state index is 0.00294. The summed E-state index contributed by atoms with van der Waals surface area (Å²) in [6, 6.07) is 15.3. The fraction of sp³-hybridized carbons (Fsp3) is 0.333. The van der Waals surface area contributed by atoms with E-state index in [1.165, 1.54) is 4.90 Å². The van der Waals surface area contributed by atoms with E-state index in [1.807, 2.05) is 68.6 Å². The minimum atomic E-state index is -0.571. The number of nitrogens with zero attached hydrogens (tertiary/aromatic N) is 1. The molecule has 1 N–H and O–H groups in total. The summed E-state index contributed by atoms with van der Waals surface area (Å²) in [5.74, 6) is -0.128. The van der Waals surface area contributed by atoms with E-state index in [0.717, 1.165) is 16.7 Å². The van der Waals surface area contributed by atoms with Crippen molar-refractivity contribution in [1.82, 2.24) is 10.2 Å². The first-order valence-electron chi connectivity index (χ1n) is 8.81. The molecule has 5 heteroatoms. The van der Waals surface area contributed by atoms with Gasteiger partial charge in [0.2, 0.25) is 11.8 Å². The van der Waals surface area contributed by atoms with Crippen LogP contribution in [0.2, 0.25) is 0 Å². The Kier molecular flexibility index (Phi) is 5.67. The first-order valence-corrected chi connectivity index (χ1v) is 10.0. The van der Waals surface area contributed by atoms with Crippen molar-refractivity contribution in [2.45, 2.75) is 43.8 Å². The van der Waals surface area contributed by atoms with E-state index in [0.29, 0.717) is 13.0 Å². The summed E-state index contributed by atoms with van der Waals surface area (Å²) in [7, 11) is 0. The molecule has 1 heterocycles. The number of thioether (sulfide) groups is 1. The molecule has 1 aliphatic rings. The summed E-state index contributed by atoms with van der Waals surface area (Å²) in [5, 5.41) is 3.01. The van der Waals surface area contributed by atoms with Gasteiger partial charge in [-0.1, -0.05) is 36.4 Å². The molecule has 0 saturated heterocycles. The third-order valence-corrected chi connectivity index (χ3v) is 5.43. The topological polar surface area (TPSA) is 49.4 Å². The van der Waals surface area contributed by atoms with Gasteiger partial charge in [0, 0.05) is 17.5 Å². The lowest BCUT2D eigenvalue weighted by molar-refractivity contribution is -0.143. The third kappa shape index (κ3) is 3.78. The van der Waals surface area contributed by atoms with Gasteiger partial charge in [-0.2, -0.15) is 0 Å². The molecule has 2 amide bonds. The van der Waals surface area contributed by atoms with Crippen molar-refractivity contribution in [3.05, 3.63) is 65.2 Å². The van der Waals surface area contributed by atoms with Crippen LogP contribution < -0.4 is 5.32 Å². The summed E-state index contributed by atoms with van der Waals surface area (Å²) in [5.41, 5.74) is 2.91. The maximum absolute atomic E-state index is 13.0. The number of benzene rings is 2. The standard InChI is InChI=1S/C21H24N2O2S/c1-14(2)23-19(24)12-16-6-4-5-7-18(16)20(23)21(25)22-13-15-8-10-17(26-3)11-9-15/h4-11,14,20H,12-13H2,1-3H3,(H,22,25). The van der Waals surface area contributed by atoms with Gasteiger partial charge in [0.1, 0.15) is 6.04 Å². The van der Waals surface area contributed by atoms with Crippen molar-refractivity contribution in [2.24, 2.45) is 0 Å².